The monoisotopic (exact) mass is 461 g/mol. The zero-order chi connectivity index (χ0) is 21.6. The van der Waals surface area contributed by atoms with Gasteiger partial charge in [0.2, 0.25) is 10.0 Å². The average molecular weight is 462 g/mol. The summed E-state index contributed by atoms with van der Waals surface area (Å²) >= 11 is 7.35. The van der Waals surface area contributed by atoms with E-state index in [4.69, 9.17) is 11.6 Å². The molecule has 0 aromatic heterocycles. The Balaban J connectivity index is 1.69. The fourth-order valence-electron chi connectivity index (χ4n) is 2.81. The lowest BCUT2D eigenvalue weighted by atomic mass is 10.2. The number of nitrogens with one attached hydrogen (secondary N) is 1. The highest BCUT2D eigenvalue weighted by Gasteiger charge is 2.18. The van der Waals surface area contributed by atoms with Gasteiger partial charge in [-0.1, -0.05) is 54.1 Å². The number of aryl methyl sites for hydroxylation is 1. The molecule has 0 aliphatic carbocycles. The van der Waals surface area contributed by atoms with Crippen LogP contribution in [0.4, 0.5) is 5.69 Å². The third-order valence-corrected chi connectivity index (χ3v) is 6.75. The fourth-order valence-corrected chi connectivity index (χ4v) is 5.10. The van der Waals surface area contributed by atoms with Crippen molar-refractivity contribution in [3.8, 4) is 0 Å². The van der Waals surface area contributed by atoms with Gasteiger partial charge in [0.25, 0.3) is 0 Å². The molecule has 0 spiro atoms. The molecule has 0 amide bonds. The molecule has 0 saturated carbocycles. The van der Waals surface area contributed by atoms with Gasteiger partial charge in [0.15, 0.2) is 0 Å². The molecular formula is C22H20ClNO4S2. The summed E-state index contributed by atoms with van der Waals surface area (Å²) in [6.07, 6.45) is 0.851. The van der Waals surface area contributed by atoms with Gasteiger partial charge in [-0.3, -0.25) is 4.72 Å². The highest BCUT2D eigenvalue weighted by atomic mass is 35.5. The van der Waals surface area contributed by atoms with E-state index in [0.29, 0.717) is 10.6 Å². The molecule has 0 unspecified atom stereocenters. The number of thioether (sulfide) groups is 1. The van der Waals surface area contributed by atoms with Crippen molar-refractivity contribution in [3.05, 3.63) is 94.5 Å². The zero-order valence-electron chi connectivity index (χ0n) is 15.9. The lowest BCUT2D eigenvalue weighted by Crippen LogP contribution is -2.17. The predicted octanol–water partition coefficient (Wildman–Crippen LogP) is 5.31. The van der Waals surface area contributed by atoms with Crippen LogP contribution in [0.25, 0.3) is 0 Å². The number of rotatable bonds is 9. The molecule has 3 rings (SSSR count). The second-order valence-corrected chi connectivity index (χ2v) is 9.91. The number of carboxylic acid groups (broad SMARTS) is 1. The van der Waals surface area contributed by atoms with Gasteiger partial charge in [0, 0.05) is 15.7 Å². The molecule has 8 heteroatoms. The Kier molecular flexibility index (Phi) is 7.42. The number of benzene rings is 3. The zero-order valence-corrected chi connectivity index (χ0v) is 18.3. The molecule has 0 fully saturated rings. The van der Waals surface area contributed by atoms with Crippen LogP contribution in [-0.4, -0.2) is 25.2 Å². The first kappa shape index (κ1) is 22.2. The largest absolute Gasteiger partial charge is 0.478 e. The van der Waals surface area contributed by atoms with Crippen molar-refractivity contribution in [1.29, 1.82) is 0 Å². The normalized spacial score (nSPS) is 11.2. The quantitative estimate of drug-likeness (QED) is 0.421. The van der Waals surface area contributed by atoms with E-state index in [9.17, 15) is 18.3 Å². The third kappa shape index (κ3) is 6.52. The SMILES string of the molecule is O=C(O)c1cc(SCCc2ccccc2)ccc1NS(=O)(=O)Cc1ccc(Cl)cc1. The summed E-state index contributed by atoms with van der Waals surface area (Å²) in [6.45, 7) is 0. The Morgan fingerprint density at radius 3 is 2.33 bits per heavy atom. The van der Waals surface area contributed by atoms with E-state index in [-0.39, 0.29) is 17.0 Å². The lowest BCUT2D eigenvalue weighted by Gasteiger charge is -2.12. The number of carboxylic acids is 1. The second kappa shape index (κ2) is 10.0. The van der Waals surface area contributed by atoms with Gasteiger partial charge < -0.3 is 5.11 Å². The molecule has 3 aromatic rings. The summed E-state index contributed by atoms with van der Waals surface area (Å²) in [7, 11) is -3.79. The van der Waals surface area contributed by atoms with Crippen molar-refractivity contribution < 1.29 is 18.3 Å². The van der Waals surface area contributed by atoms with Gasteiger partial charge in [-0.05, 0) is 47.9 Å². The number of halogens is 1. The number of sulfonamides is 1. The van der Waals surface area contributed by atoms with Crippen molar-refractivity contribution in [2.24, 2.45) is 0 Å². The molecule has 2 N–H and O–H groups in total. The van der Waals surface area contributed by atoms with Crippen LogP contribution in [0.5, 0.6) is 0 Å². The highest BCUT2D eigenvalue weighted by Crippen LogP contribution is 2.27. The number of aromatic carboxylic acids is 1. The van der Waals surface area contributed by atoms with Crippen molar-refractivity contribution in [2.75, 3.05) is 10.5 Å². The van der Waals surface area contributed by atoms with Crippen LogP contribution in [-0.2, 0) is 22.2 Å². The summed E-state index contributed by atoms with van der Waals surface area (Å²) in [5.41, 5.74) is 1.72. The molecule has 0 radical (unpaired) electrons. The van der Waals surface area contributed by atoms with Crippen LogP contribution in [0.2, 0.25) is 5.02 Å². The van der Waals surface area contributed by atoms with Gasteiger partial charge in [-0.2, -0.15) is 0 Å². The minimum atomic E-state index is -3.79. The molecule has 0 aliphatic heterocycles. The Labute approximate surface area is 185 Å². The summed E-state index contributed by atoms with van der Waals surface area (Å²) in [4.78, 5) is 12.5. The first-order chi connectivity index (χ1) is 14.3. The van der Waals surface area contributed by atoms with E-state index < -0.39 is 16.0 Å². The van der Waals surface area contributed by atoms with Gasteiger partial charge in [0.1, 0.15) is 0 Å². The van der Waals surface area contributed by atoms with E-state index in [1.807, 2.05) is 30.3 Å². The van der Waals surface area contributed by atoms with Crippen molar-refractivity contribution in [1.82, 2.24) is 0 Å². The minimum absolute atomic E-state index is 0.0453. The molecule has 0 saturated heterocycles. The Hall–Kier alpha value is -2.48. The smallest absolute Gasteiger partial charge is 0.337 e. The van der Waals surface area contributed by atoms with Gasteiger partial charge in [-0.25, -0.2) is 13.2 Å². The third-order valence-electron chi connectivity index (χ3n) is 4.26. The number of anilines is 1. The van der Waals surface area contributed by atoms with Gasteiger partial charge in [-0.15, -0.1) is 11.8 Å². The first-order valence-corrected chi connectivity index (χ1v) is 12.1. The van der Waals surface area contributed by atoms with E-state index in [1.54, 1.807) is 30.3 Å². The maximum atomic E-state index is 12.5. The Bertz CT molecular complexity index is 1120. The summed E-state index contributed by atoms with van der Waals surface area (Å²) < 4.78 is 27.4. The molecule has 0 atom stereocenters. The average Bonchev–Trinajstić information content (AvgIpc) is 2.71. The molecule has 0 heterocycles. The summed E-state index contributed by atoms with van der Waals surface area (Å²) in [5.74, 6) is -0.689. The molecule has 3 aromatic carbocycles. The number of carbonyl (C=O) groups is 1. The minimum Gasteiger partial charge on any atom is -0.478 e. The van der Waals surface area contributed by atoms with Crippen molar-refractivity contribution in [3.63, 3.8) is 0 Å². The molecule has 0 bridgehead atoms. The maximum Gasteiger partial charge on any atom is 0.337 e. The Morgan fingerprint density at radius 1 is 0.967 bits per heavy atom. The van der Waals surface area contributed by atoms with Crippen LogP contribution in [0.1, 0.15) is 21.5 Å². The molecular weight excluding hydrogens is 442 g/mol. The second-order valence-electron chi connectivity index (χ2n) is 6.58. The van der Waals surface area contributed by atoms with Crippen LogP contribution >= 0.6 is 23.4 Å². The van der Waals surface area contributed by atoms with Crippen LogP contribution in [0.3, 0.4) is 0 Å². The molecule has 30 heavy (non-hydrogen) atoms. The molecule has 156 valence electrons. The maximum absolute atomic E-state index is 12.5. The Morgan fingerprint density at radius 2 is 1.67 bits per heavy atom. The van der Waals surface area contributed by atoms with Crippen LogP contribution in [0.15, 0.2) is 77.7 Å². The van der Waals surface area contributed by atoms with E-state index in [2.05, 4.69) is 4.72 Å². The standard InChI is InChI=1S/C22H20ClNO4S2/c23-18-8-6-17(7-9-18)15-30(27,28)24-21-11-10-19(14-20(21)22(25)26)29-13-12-16-4-2-1-3-5-16/h1-11,14,24H,12-13,15H2,(H,25,26). The fraction of sp³-hybridized carbons (Fsp3) is 0.136. The van der Waals surface area contributed by atoms with Crippen LogP contribution in [0, 0.1) is 0 Å². The highest BCUT2D eigenvalue weighted by molar-refractivity contribution is 7.99. The summed E-state index contributed by atoms with van der Waals surface area (Å²) in [6, 6.07) is 21.2. The van der Waals surface area contributed by atoms with Gasteiger partial charge in [0.05, 0.1) is 17.0 Å². The van der Waals surface area contributed by atoms with Crippen molar-refractivity contribution >= 4 is 45.0 Å². The predicted molar refractivity (Wildman–Crippen MR) is 122 cm³/mol. The van der Waals surface area contributed by atoms with E-state index >= 15 is 0 Å². The molecule has 5 nitrogen and oxygen atoms in total. The summed E-state index contributed by atoms with van der Waals surface area (Å²) in [5, 5.41) is 10.1. The van der Waals surface area contributed by atoms with Crippen LogP contribution < -0.4 is 4.72 Å². The lowest BCUT2D eigenvalue weighted by molar-refractivity contribution is 0.0698. The number of hydrogen-bond acceptors (Lipinski definition) is 4. The van der Waals surface area contributed by atoms with E-state index in [0.717, 1.165) is 17.1 Å². The first-order valence-electron chi connectivity index (χ1n) is 9.11. The topological polar surface area (TPSA) is 83.5 Å². The molecule has 0 aliphatic rings. The number of hydrogen-bond donors (Lipinski definition) is 2. The van der Waals surface area contributed by atoms with Crippen molar-refractivity contribution in [2.45, 2.75) is 17.1 Å². The van der Waals surface area contributed by atoms with E-state index in [1.165, 1.54) is 29.5 Å². The van der Waals surface area contributed by atoms with Gasteiger partial charge >= 0.3 is 5.97 Å².